The van der Waals surface area contributed by atoms with Crippen LogP contribution in [0.15, 0.2) is 24.4 Å². The molecule has 22 heavy (non-hydrogen) atoms. The molecular weight excluding hydrogens is 278 g/mol. The summed E-state index contributed by atoms with van der Waals surface area (Å²) in [6.45, 7) is 2.54. The van der Waals surface area contributed by atoms with Gasteiger partial charge in [-0.1, -0.05) is 6.07 Å². The van der Waals surface area contributed by atoms with E-state index in [9.17, 15) is 10.2 Å². The number of nitrogens with zero attached hydrogens (tertiary/aromatic N) is 3. The Morgan fingerprint density at radius 1 is 1.18 bits per heavy atom. The van der Waals surface area contributed by atoms with Crippen LogP contribution in [0.3, 0.4) is 0 Å². The first-order chi connectivity index (χ1) is 10.7. The largest absolute Gasteiger partial charge is 0.504 e. The number of rotatable bonds is 3. The number of fused-ring (bicyclic) bond motifs is 1. The quantitative estimate of drug-likeness (QED) is 0.851. The normalized spacial score (nSPS) is 18.2. The molecule has 1 aromatic carbocycles. The van der Waals surface area contributed by atoms with Crippen molar-refractivity contribution in [1.29, 1.82) is 0 Å². The summed E-state index contributed by atoms with van der Waals surface area (Å²) in [5.41, 5.74) is 3.40. The van der Waals surface area contributed by atoms with Crippen LogP contribution in [-0.4, -0.2) is 31.6 Å². The lowest BCUT2D eigenvalue weighted by atomic mass is 10.1. The monoisotopic (exact) mass is 297 g/mol. The Labute approximate surface area is 129 Å². The molecule has 2 aromatic rings. The zero-order valence-corrected chi connectivity index (χ0v) is 12.4. The summed E-state index contributed by atoms with van der Waals surface area (Å²) in [5.74, 6) is 1.49. The zero-order chi connectivity index (χ0) is 15.1. The van der Waals surface area contributed by atoms with Gasteiger partial charge in [0.05, 0.1) is 0 Å². The van der Waals surface area contributed by atoms with Crippen LogP contribution < -0.4 is 0 Å². The van der Waals surface area contributed by atoms with Gasteiger partial charge in [0.2, 0.25) is 0 Å². The smallest absolute Gasteiger partial charge is 0.157 e. The third-order valence-corrected chi connectivity index (χ3v) is 4.42. The molecule has 0 spiro atoms. The summed E-state index contributed by atoms with van der Waals surface area (Å²) in [6.07, 6.45) is 5.39. The highest BCUT2D eigenvalue weighted by molar-refractivity contribution is 5.40. The predicted molar refractivity (Wildman–Crippen MR) is 81.6 cm³/mol. The molecule has 0 bridgehead atoms. The van der Waals surface area contributed by atoms with E-state index in [4.69, 9.17) is 4.98 Å². The molecule has 1 saturated carbocycles. The third-order valence-electron chi connectivity index (χ3n) is 4.42. The maximum atomic E-state index is 9.59. The fourth-order valence-corrected chi connectivity index (χ4v) is 2.99. The molecule has 2 heterocycles. The molecule has 5 heteroatoms. The van der Waals surface area contributed by atoms with Crippen molar-refractivity contribution in [2.45, 2.75) is 38.3 Å². The van der Waals surface area contributed by atoms with E-state index in [1.54, 1.807) is 6.07 Å². The van der Waals surface area contributed by atoms with Crippen LogP contribution in [0.25, 0.3) is 0 Å². The van der Waals surface area contributed by atoms with Gasteiger partial charge in [-0.3, -0.25) is 4.90 Å². The Balaban J connectivity index is 1.48. The second-order valence-electron chi connectivity index (χ2n) is 6.26. The highest BCUT2D eigenvalue weighted by Gasteiger charge is 2.28. The standard InChI is InChI=1S/C17H19N3O2/c21-15-4-1-11(7-16(15)22)9-20-6-5-14-13(10-20)8-18-17(19-14)12-2-3-12/h1,4,7-8,12,21-22H,2-3,5-6,9-10H2. The number of aromatic nitrogens is 2. The fraction of sp³-hybridized carbons (Fsp3) is 0.412. The number of phenolic OH excluding ortho intramolecular Hbond substituents is 2. The average molecular weight is 297 g/mol. The number of phenols is 2. The van der Waals surface area contributed by atoms with Crippen molar-refractivity contribution in [3.63, 3.8) is 0 Å². The summed E-state index contributed by atoms with van der Waals surface area (Å²) in [6, 6.07) is 5.00. The van der Waals surface area contributed by atoms with E-state index < -0.39 is 0 Å². The maximum absolute atomic E-state index is 9.59. The molecule has 0 unspecified atom stereocenters. The highest BCUT2D eigenvalue weighted by Crippen LogP contribution is 2.38. The van der Waals surface area contributed by atoms with E-state index in [1.807, 2.05) is 12.3 Å². The molecule has 1 aliphatic heterocycles. The Bertz CT molecular complexity index is 713. The molecule has 1 aliphatic carbocycles. The summed E-state index contributed by atoms with van der Waals surface area (Å²) >= 11 is 0. The minimum absolute atomic E-state index is 0.0627. The number of aromatic hydroxyl groups is 2. The second-order valence-corrected chi connectivity index (χ2v) is 6.26. The van der Waals surface area contributed by atoms with Crippen molar-refractivity contribution in [3.8, 4) is 11.5 Å². The topological polar surface area (TPSA) is 69.5 Å². The number of hydrogen-bond donors (Lipinski definition) is 2. The Morgan fingerprint density at radius 2 is 2.05 bits per heavy atom. The lowest BCUT2D eigenvalue weighted by Crippen LogP contribution is -2.31. The van der Waals surface area contributed by atoms with E-state index in [1.165, 1.54) is 30.2 Å². The summed E-state index contributed by atoms with van der Waals surface area (Å²) in [7, 11) is 0. The maximum Gasteiger partial charge on any atom is 0.157 e. The Hall–Kier alpha value is -2.14. The highest BCUT2D eigenvalue weighted by atomic mass is 16.3. The van der Waals surface area contributed by atoms with Crippen molar-refractivity contribution in [3.05, 3.63) is 47.0 Å². The van der Waals surface area contributed by atoms with Crippen LogP contribution in [0.2, 0.25) is 0 Å². The van der Waals surface area contributed by atoms with E-state index in [0.717, 1.165) is 37.4 Å². The first-order valence-electron chi connectivity index (χ1n) is 7.77. The first kappa shape index (κ1) is 13.5. The van der Waals surface area contributed by atoms with E-state index >= 15 is 0 Å². The lowest BCUT2D eigenvalue weighted by Gasteiger charge is -2.28. The van der Waals surface area contributed by atoms with Crippen molar-refractivity contribution in [2.75, 3.05) is 6.54 Å². The van der Waals surface area contributed by atoms with Gasteiger partial charge >= 0.3 is 0 Å². The third kappa shape index (κ3) is 2.64. The molecule has 1 aromatic heterocycles. The molecular formula is C17H19N3O2. The van der Waals surface area contributed by atoms with Gasteiger partial charge in [0.15, 0.2) is 11.5 Å². The van der Waals surface area contributed by atoms with E-state index in [0.29, 0.717) is 5.92 Å². The molecule has 4 rings (SSSR count). The van der Waals surface area contributed by atoms with Crippen LogP contribution in [0.5, 0.6) is 11.5 Å². The van der Waals surface area contributed by atoms with Crippen molar-refractivity contribution >= 4 is 0 Å². The van der Waals surface area contributed by atoms with Crippen LogP contribution in [-0.2, 0) is 19.5 Å². The van der Waals surface area contributed by atoms with Crippen molar-refractivity contribution in [1.82, 2.24) is 14.9 Å². The van der Waals surface area contributed by atoms with Crippen molar-refractivity contribution < 1.29 is 10.2 Å². The molecule has 2 N–H and O–H groups in total. The molecule has 1 fully saturated rings. The molecule has 0 atom stereocenters. The van der Waals surface area contributed by atoms with Gasteiger partial charge in [0.1, 0.15) is 5.82 Å². The van der Waals surface area contributed by atoms with Gasteiger partial charge in [-0.15, -0.1) is 0 Å². The molecule has 2 aliphatic rings. The lowest BCUT2D eigenvalue weighted by molar-refractivity contribution is 0.242. The summed E-state index contributed by atoms with van der Waals surface area (Å²) < 4.78 is 0. The van der Waals surface area contributed by atoms with Gasteiger partial charge in [-0.2, -0.15) is 0 Å². The van der Waals surface area contributed by atoms with Gasteiger partial charge in [-0.05, 0) is 30.5 Å². The van der Waals surface area contributed by atoms with E-state index in [-0.39, 0.29) is 11.5 Å². The van der Waals surface area contributed by atoms with Crippen LogP contribution in [0.1, 0.15) is 41.4 Å². The van der Waals surface area contributed by atoms with Crippen molar-refractivity contribution in [2.24, 2.45) is 0 Å². The van der Waals surface area contributed by atoms with Crippen LogP contribution in [0.4, 0.5) is 0 Å². The van der Waals surface area contributed by atoms with Gasteiger partial charge in [-0.25, -0.2) is 9.97 Å². The Kier molecular flexibility index (Phi) is 3.22. The molecule has 0 saturated heterocycles. The fourth-order valence-electron chi connectivity index (χ4n) is 2.99. The Morgan fingerprint density at radius 3 is 2.82 bits per heavy atom. The van der Waals surface area contributed by atoms with Gasteiger partial charge in [0, 0.05) is 49.4 Å². The molecule has 0 amide bonds. The van der Waals surface area contributed by atoms with Crippen LogP contribution in [0, 0.1) is 0 Å². The minimum Gasteiger partial charge on any atom is -0.504 e. The zero-order valence-electron chi connectivity index (χ0n) is 12.4. The predicted octanol–water partition coefficient (Wildman–Crippen LogP) is 2.32. The second kappa shape index (κ2) is 5.25. The molecule has 5 nitrogen and oxygen atoms in total. The average Bonchev–Trinajstić information content (AvgIpc) is 3.35. The van der Waals surface area contributed by atoms with Gasteiger partial charge in [0.25, 0.3) is 0 Å². The summed E-state index contributed by atoms with van der Waals surface area (Å²) in [5, 5.41) is 19.0. The molecule has 114 valence electrons. The number of benzene rings is 1. The summed E-state index contributed by atoms with van der Waals surface area (Å²) in [4.78, 5) is 11.6. The number of hydrogen-bond acceptors (Lipinski definition) is 5. The van der Waals surface area contributed by atoms with E-state index in [2.05, 4.69) is 9.88 Å². The SMILES string of the molecule is Oc1ccc(CN2CCc3nc(C4CC4)ncc3C2)cc1O. The van der Waals surface area contributed by atoms with Crippen LogP contribution >= 0.6 is 0 Å². The minimum atomic E-state index is -0.0752. The van der Waals surface area contributed by atoms with Gasteiger partial charge < -0.3 is 10.2 Å². The molecule has 0 radical (unpaired) electrons. The first-order valence-corrected chi connectivity index (χ1v) is 7.77.